The first-order valence-electron chi connectivity index (χ1n) is 4.03. The van der Waals surface area contributed by atoms with E-state index >= 15 is 0 Å². The summed E-state index contributed by atoms with van der Waals surface area (Å²) in [5.41, 5.74) is 0.650. The van der Waals surface area contributed by atoms with Crippen LogP contribution in [-0.2, 0) is 10.1 Å². The van der Waals surface area contributed by atoms with E-state index in [1.807, 2.05) is 0 Å². The molecule has 0 aromatic heterocycles. The average Bonchev–Trinajstić information content (AvgIpc) is 2.01. The van der Waals surface area contributed by atoms with Crippen molar-refractivity contribution in [2.24, 2.45) is 0 Å². The fourth-order valence-corrected chi connectivity index (χ4v) is 1.95. The van der Waals surface area contributed by atoms with Gasteiger partial charge in [-0.2, -0.15) is 0 Å². The van der Waals surface area contributed by atoms with Crippen LogP contribution in [-0.4, -0.2) is 13.0 Å². The normalized spacial score (nSPS) is 14.0. The van der Waals surface area contributed by atoms with Crippen molar-refractivity contribution < 1.29 is 17.4 Å². The molecule has 14 heavy (non-hydrogen) atoms. The Kier molecular flexibility index (Phi) is 2.92. The molecular weight excluding hydrogens is 207 g/mol. The van der Waals surface area contributed by atoms with Gasteiger partial charge in [0.05, 0.1) is 4.90 Å². The molecule has 0 fully saturated rings. The molecule has 0 aliphatic heterocycles. The minimum absolute atomic E-state index is 0.0694. The van der Waals surface area contributed by atoms with E-state index in [-0.39, 0.29) is 5.56 Å². The van der Waals surface area contributed by atoms with Gasteiger partial charge in [-0.15, -0.1) is 0 Å². The molecule has 1 unspecified atom stereocenters. The Bertz CT molecular complexity index is 437. The predicted molar refractivity (Wildman–Crippen MR) is 48.7 cm³/mol. The summed E-state index contributed by atoms with van der Waals surface area (Å²) in [7, 11) is -4.59. The monoisotopic (exact) mass is 217 g/mol. The Labute approximate surface area is 82.3 Å². The number of halogens is 1. The molecule has 0 heterocycles. The summed E-state index contributed by atoms with van der Waals surface area (Å²) < 4.78 is 45.2. The van der Waals surface area contributed by atoms with Gasteiger partial charge in [0.2, 0.25) is 0 Å². The van der Waals surface area contributed by atoms with Crippen molar-refractivity contribution in [2.45, 2.75) is 24.9 Å². The molecule has 3 nitrogen and oxygen atoms in total. The Morgan fingerprint density at radius 3 is 2.43 bits per heavy atom. The SMILES string of the molecule is Cc1ccc(S(=O)(=O)[O-])c(C(C)F)c1. The van der Waals surface area contributed by atoms with E-state index in [4.69, 9.17) is 0 Å². The minimum Gasteiger partial charge on any atom is -0.744 e. The van der Waals surface area contributed by atoms with Gasteiger partial charge in [0.25, 0.3) is 0 Å². The van der Waals surface area contributed by atoms with Crippen LogP contribution in [0.2, 0.25) is 0 Å². The number of rotatable bonds is 2. The zero-order valence-electron chi connectivity index (χ0n) is 7.82. The van der Waals surface area contributed by atoms with Gasteiger partial charge in [0.1, 0.15) is 16.3 Å². The summed E-state index contributed by atoms with van der Waals surface area (Å²) in [6.07, 6.45) is -1.46. The number of alkyl halides is 1. The van der Waals surface area contributed by atoms with Crippen LogP contribution < -0.4 is 0 Å². The molecule has 0 N–H and O–H groups in total. The van der Waals surface area contributed by atoms with Gasteiger partial charge in [-0.3, -0.25) is 0 Å². The Balaban J connectivity index is 3.45. The summed E-state index contributed by atoms with van der Waals surface area (Å²) in [5.74, 6) is 0. The van der Waals surface area contributed by atoms with E-state index in [1.165, 1.54) is 19.1 Å². The molecule has 1 atom stereocenters. The fraction of sp³-hybridized carbons (Fsp3) is 0.333. The molecule has 0 radical (unpaired) electrons. The Morgan fingerprint density at radius 1 is 1.43 bits per heavy atom. The highest BCUT2D eigenvalue weighted by Gasteiger charge is 2.13. The van der Waals surface area contributed by atoms with Crippen LogP contribution in [0.25, 0.3) is 0 Å². The number of hydrogen-bond donors (Lipinski definition) is 0. The number of aryl methyl sites for hydroxylation is 1. The van der Waals surface area contributed by atoms with Crippen LogP contribution in [0.15, 0.2) is 23.1 Å². The lowest BCUT2D eigenvalue weighted by Crippen LogP contribution is -2.04. The molecule has 0 saturated heterocycles. The van der Waals surface area contributed by atoms with Gasteiger partial charge < -0.3 is 4.55 Å². The molecule has 1 rings (SSSR count). The van der Waals surface area contributed by atoms with Crippen LogP contribution in [0.5, 0.6) is 0 Å². The molecule has 0 amide bonds. The molecule has 0 saturated carbocycles. The van der Waals surface area contributed by atoms with Crippen molar-refractivity contribution in [3.05, 3.63) is 29.3 Å². The number of hydrogen-bond acceptors (Lipinski definition) is 3. The molecule has 1 aromatic rings. The van der Waals surface area contributed by atoms with Gasteiger partial charge in [-0.05, 0) is 19.9 Å². The molecule has 0 aliphatic carbocycles. The zero-order chi connectivity index (χ0) is 10.9. The van der Waals surface area contributed by atoms with Crippen molar-refractivity contribution in [1.82, 2.24) is 0 Å². The van der Waals surface area contributed by atoms with E-state index < -0.39 is 21.2 Å². The summed E-state index contributed by atoms with van der Waals surface area (Å²) in [4.78, 5) is -0.474. The van der Waals surface area contributed by atoms with E-state index in [0.29, 0.717) is 0 Å². The van der Waals surface area contributed by atoms with Crippen molar-refractivity contribution in [3.63, 3.8) is 0 Å². The maximum Gasteiger partial charge on any atom is 0.124 e. The lowest BCUT2D eigenvalue weighted by Gasteiger charge is -2.14. The summed E-state index contributed by atoms with van der Waals surface area (Å²) >= 11 is 0. The van der Waals surface area contributed by atoms with Crippen LogP contribution in [0.3, 0.4) is 0 Å². The molecule has 78 valence electrons. The van der Waals surface area contributed by atoms with Gasteiger partial charge >= 0.3 is 0 Å². The van der Waals surface area contributed by atoms with E-state index in [2.05, 4.69) is 0 Å². The second kappa shape index (κ2) is 3.67. The van der Waals surface area contributed by atoms with E-state index in [0.717, 1.165) is 11.6 Å². The van der Waals surface area contributed by atoms with Crippen molar-refractivity contribution in [3.8, 4) is 0 Å². The fourth-order valence-electron chi connectivity index (χ4n) is 1.21. The van der Waals surface area contributed by atoms with Gasteiger partial charge in [-0.1, -0.05) is 17.7 Å². The third kappa shape index (κ3) is 2.30. The minimum atomic E-state index is -4.59. The maximum atomic E-state index is 13.0. The molecule has 5 heteroatoms. The standard InChI is InChI=1S/C9H11FO3S/c1-6-3-4-9(14(11,12)13)8(5-6)7(2)10/h3-5,7H,1-2H3,(H,11,12,13)/p-1. The maximum absolute atomic E-state index is 13.0. The van der Waals surface area contributed by atoms with Crippen molar-refractivity contribution >= 4 is 10.1 Å². The van der Waals surface area contributed by atoms with Crippen molar-refractivity contribution in [1.29, 1.82) is 0 Å². The highest BCUT2D eigenvalue weighted by molar-refractivity contribution is 7.85. The highest BCUT2D eigenvalue weighted by atomic mass is 32.2. The summed E-state index contributed by atoms with van der Waals surface area (Å²) in [5, 5.41) is 0. The Morgan fingerprint density at radius 2 is 2.00 bits per heavy atom. The third-order valence-electron chi connectivity index (χ3n) is 1.86. The second-order valence-electron chi connectivity index (χ2n) is 3.11. The Hall–Kier alpha value is -0.940. The molecular formula is C9H10FO3S-. The van der Waals surface area contributed by atoms with E-state index in [1.54, 1.807) is 6.92 Å². The summed E-state index contributed by atoms with van der Waals surface area (Å²) in [6.45, 7) is 2.90. The quantitative estimate of drug-likeness (QED) is 0.711. The summed E-state index contributed by atoms with van der Waals surface area (Å²) in [6, 6.07) is 3.98. The van der Waals surface area contributed by atoms with Gasteiger partial charge in [0.15, 0.2) is 0 Å². The van der Waals surface area contributed by atoms with Gasteiger partial charge in [-0.25, -0.2) is 12.8 Å². The van der Waals surface area contributed by atoms with Crippen LogP contribution in [0.4, 0.5) is 4.39 Å². The molecule has 1 aromatic carbocycles. The predicted octanol–water partition coefficient (Wildman–Crippen LogP) is 1.93. The van der Waals surface area contributed by atoms with Crippen LogP contribution in [0.1, 0.15) is 24.2 Å². The van der Waals surface area contributed by atoms with E-state index in [9.17, 15) is 17.4 Å². The lowest BCUT2D eigenvalue weighted by atomic mass is 10.1. The van der Waals surface area contributed by atoms with Crippen LogP contribution >= 0.6 is 0 Å². The topological polar surface area (TPSA) is 57.2 Å². The molecule has 0 bridgehead atoms. The first-order valence-corrected chi connectivity index (χ1v) is 5.43. The first-order chi connectivity index (χ1) is 6.32. The van der Waals surface area contributed by atoms with Gasteiger partial charge in [0, 0.05) is 5.56 Å². The molecule has 0 aliphatic rings. The first kappa shape index (κ1) is 11.1. The second-order valence-corrected chi connectivity index (χ2v) is 4.46. The lowest BCUT2D eigenvalue weighted by molar-refractivity contribution is 0.365. The third-order valence-corrected chi connectivity index (χ3v) is 2.77. The molecule has 0 spiro atoms. The van der Waals surface area contributed by atoms with Crippen LogP contribution in [0, 0.1) is 6.92 Å². The van der Waals surface area contributed by atoms with Crippen molar-refractivity contribution in [2.75, 3.05) is 0 Å². The number of benzene rings is 1. The smallest absolute Gasteiger partial charge is 0.124 e. The largest absolute Gasteiger partial charge is 0.744 e. The average molecular weight is 217 g/mol. The highest BCUT2D eigenvalue weighted by Crippen LogP contribution is 2.25. The zero-order valence-corrected chi connectivity index (χ0v) is 8.64.